The first-order chi connectivity index (χ1) is 17.8. The fourth-order valence-corrected chi connectivity index (χ4v) is 5.04. The van der Waals surface area contributed by atoms with Crippen LogP contribution in [0.2, 0.25) is 0 Å². The number of anilines is 2. The molecule has 3 aliphatic heterocycles. The van der Waals surface area contributed by atoms with Crippen LogP contribution in [0.25, 0.3) is 10.9 Å². The molecule has 204 valence electrons. The number of alkyl halides is 2. The van der Waals surface area contributed by atoms with Crippen molar-refractivity contribution in [2.75, 3.05) is 76.5 Å². The van der Waals surface area contributed by atoms with Gasteiger partial charge in [-0.2, -0.15) is 4.98 Å². The van der Waals surface area contributed by atoms with Crippen LogP contribution in [-0.2, 0) is 4.74 Å². The SMILES string of the molecule is COc1cc2c(NCOC3(C)CNC3)nc(N3CCC(F)(F)CC3)nc2cc1OCCCN1CCCC1. The molecule has 0 amide bonds. The Morgan fingerprint density at radius 2 is 1.81 bits per heavy atom. The van der Waals surface area contributed by atoms with Crippen LogP contribution >= 0.6 is 0 Å². The summed E-state index contributed by atoms with van der Waals surface area (Å²) in [4.78, 5) is 13.8. The largest absolute Gasteiger partial charge is 0.493 e. The molecule has 11 heteroatoms. The number of ether oxygens (including phenoxy) is 3. The van der Waals surface area contributed by atoms with Gasteiger partial charge in [0.15, 0.2) is 11.5 Å². The number of benzene rings is 1. The molecule has 0 spiro atoms. The van der Waals surface area contributed by atoms with Gasteiger partial charge in [-0.3, -0.25) is 0 Å². The van der Waals surface area contributed by atoms with Crippen LogP contribution in [0.15, 0.2) is 12.1 Å². The van der Waals surface area contributed by atoms with E-state index < -0.39 is 5.92 Å². The number of nitrogens with zero attached hydrogens (tertiary/aromatic N) is 4. The number of aromatic nitrogens is 2. The van der Waals surface area contributed by atoms with Gasteiger partial charge >= 0.3 is 0 Å². The normalized spacial score (nSPS) is 21.1. The third kappa shape index (κ3) is 6.32. The molecule has 3 saturated heterocycles. The van der Waals surface area contributed by atoms with Gasteiger partial charge in [0.1, 0.15) is 12.5 Å². The maximum atomic E-state index is 13.8. The van der Waals surface area contributed by atoms with Gasteiger partial charge in [0, 0.05) is 57.0 Å². The zero-order valence-electron chi connectivity index (χ0n) is 21.8. The number of halogens is 2. The Hall–Kier alpha value is -2.50. The number of fused-ring (bicyclic) bond motifs is 1. The van der Waals surface area contributed by atoms with Crippen molar-refractivity contribution in [3.05, 3.63) is 12.1 Å². The molecule has 0 atom stereocenters. The van der Waals surface area contributed by atoms with Crippen LogP contribution in [0.5, 0.6) is 11.5 Å². The summed E-state index contributed by atoms with van der Waals surface area (Å²) in [6.45, 7) is 8.22. The number of hydrogen-bond donors (Lipinski definition) is 2. The number of nitrogens with one attached hydrogen (secondary N) is 2. The molecule has 2 N–H and O–H groups in total. The third-order valence-corrected chi connectivity index (χ3v) is 7.48. The maximum Gasteiger partial charge on any atom is 0.251 e. The lowest BCUT2D eigenvalue weighted by atomic mass is 10.0. The van der Waals surface area contributed by atoms with Crippen LogP contribution in [0, 0.1) is 0 Å². The highest BCUT2D eigenvalue weighted by molar-refractivity contribution is 5.92. The first-order valence-electron chi connectivity index (χ1n) is 13.3. The summed E-state index contributed by atoms with van der Waals surface area (Å²) in [5.74, 6) is -0.430. The Morgan fingerprint density at radius 1 is 1.05 bits per heavy atom. The minimum Gasteiger partial charge on any atom is -0.493 e. The summed E-state index contributed by atoms with van der Waals surface area (Å²) in [6, 6.07) is 3.73. The van der Waals surface area contributed by atoms with Gasteiger partial charge in [0.2, 0.25) is 5.95 Å². The minimum atomic E-state index is -2.64. The average Bonchev–Trinajstić information content (AvgIpc) is 3.38. The van der Waals surface area contributed by atoms with Crippen molar-refractivity contribution in [3.63, 3.8) is 0 Å². The van der Waals surface area contributed by atoms with E-state index in [9.17, 15) is 8.78 Å². The zero-order valence-corrected chi connectivity index (χ0v) is 21.8. The molecule has 5 rings (SSSR count). The van der Waals surface area contributed by atoms with Gasteiger partial charge in [0.05, 0.1) is 24.8 Å². The molecule has 3 fully saturated rings. The van der Waals surface area contributed by atoms with Crippen molar-refractivity contribution >= 4 is 22.7 Å². The van der Waals surface area contributed by atoms with Gasteiger partial charge in [0.25, 0.3) is 5.92 Å². The topological polar surface area (TPSA) is 84.0 Å². The number of piperidine rings is 1. The Balaban J connectivity index is 1.37. The molecule has 37 heavy (non-hydrogen) atoms. The Kier molecular flexibility index (Phi) is 7.83. The predicted octanol–water partition coefficient (Wildman–Crippen LogP) is 3.49. The fourth-order valence-electron chi connectivity index (χ4n) is 5.04. The van der Waals surface area contributed by atoms with E-state index in [1.54, 1.807) is 7.11 Å². The lowest BCUT2D eigenvalue weighted by Gasteiger charge is -2.39. The molecule has 1 aromatic heterocycles. The summed E-state index contributed by atoms with van der Waals surface area (Å²) in [5.41, 5.74) is 0.446. The zero-order chi connectivity index (χ0) is 25.9. The summed E-state index contributed by atoms with van der Waals surface area (Å²) >= 11 is 0. The second-order valence-corrected chi connectivity index (χ2v) is 10.5. The van der Waals surface area contributed by atoms with Crippen molar-refractivity contribution in [2.24, 2.45) is 0 Å². The van der Waals surface area contributed by atoms with Gasteiger partial charge in [-0.15, -0.1) is 0 Å². The van der Waals surface area contributed by atoms with E-state index in [4.69, 9.17) is 24.2 Å². The van der Waals surface area contributed by atoms with E-state index in [0.717, 1.165) is 44.5 Å². The molecule has 0 saturated carbocycles. The Labute approximate surface area is 216 Å². The summed E-state index contributed by atoms with van der Waals surface area (Å²) < 4.78 is 45.4. The van der Waals surface area contributed by atoms with Crippen molar-refractivity contribution in [3.8, 4) is 11.5 Å². The fraction of sp³-hybridized carbons (Fsp3) is 0.692. The smallest absolute Gasteiger partial charge is 0.251 e. The highest BCUT2D eigenvalue weighted by Gasteiger charge is 2.35. The summed E-state index contributed by atoms with van der Waals surface area (Å²) in [5, 5.41) is 7.26. The number of hydrogen-bond acceptors (Lipinski definition) is 9. The second kappa shape index (κ2) is 11.1. The maximum absolute atomic E-state index is 13.8. The average molecular weight is 521 g/mol. The van der Waals surface area contributed by atoms with Gasteiger partial charge in [-0.05, 0) is 45.3 Å². The van der Waals surface area contributed by atoms with Crippen molar-refractivity contribution in [1.29, 1.82) is 0 Å². The highest BCUT2D eigenvalue weighted by atomic mass is 19.3. The Bertz CT molecular complexity index is 1070. The van der Waals surface area contributed by atoms with Crippen LogP contribution < -0.4 is 25.0 Å². The van der Waals surface area contributed by atoms with E-state index in [1.165, 1.54) is 12.8 Å². The molecular weight excluding hydrogens is 482 g/mol. The van der Waals surface area contributed by atoms with Gasteiger partial charge < -0.3 is 34.6 Å². The van der Waals surface area contributed by atoms with Crippen molar-refractivity contribution < 1.29 is 23.0 Å². The molecule has 9 nitrogen and oxygen atoms in total. The van der Waals surface area contributed by atoms with Crippen LogP contribution in [0.3, 0.4) is 0 Å². The molecule has 3 aliphatic rings. The van der Waals surface area contributed by atoms with Crippen LogP contribution in [0.1, 0.15) is 39.0 Å². The molecule has 0 bridgehead atoms. The molecule has 2 aromatic rings. The van der Waals surface area contributed by atoms with E-state index in [-0.39, 0.29) is 38.3 Å². The van der Waals surface area contributed by atoms with E-state index in [1.807, 2.05) is 17.0 Å². The van der Waals surface area contributed by atoms with E-state index in [0.29, 0.717) is 35.4 Å². The lowest BCUT2D eigenvalue weighted by molar-refractivity contribution is -0.0583. The third-order valence-electron chi connectivity index (χ3n) is 7.48. The van der Waals surface area contributed by atoms with Crippen LogP contribution in [0.4, 0.5) is 20.5 Å². The van der Waals surface area contributed by atoms with Gasteiger partial charge in [-0.1, -0.05) is 0 Å². The number of likely N-dealkylation sites (tertiary alicyclic amines) is 1. The van der Waals surface area contributed by atoms with Crippen molar-refractivity contribution in [2.45, 2.75) is 50.6 Å². The van der Waals surface area contributed by atoms with E-state index >= 15 is 0 Å². The first-order valence-corrected chi connectivity index (χ1v) is 13.3. The van der Waals surface area contributed by atoms with Gasteiger partial charge in [-0.25, -0.2) is 13.8 Å². The molecule has 0 radical (unpaired) electrons. The highest BCUT2D eigenvalue weighted by Crippen LogP contribution is 2.36. The number of rotatable bonds is 11. The quantitative estimate of drug-likeness (QED) is 0.342. The van der Waals surface area contributed by atoms with Crippen LogP contribution in [-0.4, -0.2) is 92.7 Å². The minimum absolute atomic E-state index is 0.203. The monoisotopic (exact) mass is 520 g/mol. The first kappa shape index (κ1) is 26.1. The molecule has 0 aliphatic carbocycles. The number of methoxy groups -OCH3 is 1. The predicted molar refractivity (Wildman–Crippen MR) is 139 cm³/mol. The molecule has 0 unspecified atom stereocenters. The second-order valence-electron chi connectivity index (χ2n) is 10.5. The lowest BCUT2D eigenvalue weighted by Crippen LogP contribution is -2.59. The molecule has 4 heterocycles. The molecular formula is C26H38F2N6O3. The molecule has 1 aromatic carbocycles. The Morgan fingerprint density at radius 3 is 2.49 bits per heavy atom. The van der Waals surface area contributed by atoms with Crippen molar-refractivity contribution in [1.82, 2.24) is 20.2 Å². The summed E-state index contributed by atoms with van der Waals surface area (Å²) in [7, 11) is 1.61. The standard InChI is InChI=1S/C26H38F2N6O3/c1-25(16-29-17-25)37-18-30-23-19-14-21(35-2)22(36-13-5-10-33-8-3-4-9-33)15-20(19)31-24(32-23)34-11-6-26(27,28)7-12-34/h14-15,29H,3-13,16-18H2,1-2H3,(H,30,31,32). The van der Waals surface area contributed by atoms with E-state index in [2.05, 4.69) is 22.5 Å². The summed E-state index contributed by atoms with van der Waals surface area (Å²) in [6.07, 6.45) is 3.05.